The molecule has 26 heavy (non-hydrogen) atoms. The zero-order valence-corrected chi connectivity index (χ0v) is 17.0. The van der Waals surface area contributed by atoms with Crippen LogP contribution in [0.3, 0.4) is 0 Å². The fourth-order valence-electron chi connectivity index (χ4n) is 2.30. The Balaban J connectivity index is 2.89. The van der Waals surface area contributed by atoms with E-state index in [-0.39, 0.29) is 12.0 Å². The van der Waals surface area contributed by atoms with Crippen LogP contribution in [0.15, 0.2) is 34.5 Å². The molecule has 0 saturated carbocycles. The van der Waals surface area contributed by atoms with Gasteiger partial charge in [0.15, 0.2) is 0 Å². The molecular weight excluding hydrogens is 354 g/mol. The van der Waals surface area contributed by atoms with Crippen LogP contribution in [0.1, 0.15) is 31.2 Å². The van der Waals surface area contributed by atoms with Crippen LogP contribution in [0.2, 0.25) is 0 Å². The lowest BCUT2D eigenvalue weighted by molar-refractivity contribution is -0.137. The lowest BCUT2D eigenvalue weighted by Gasteiger charge is -2.21. The van der Waals surface area contributed by atoms with Crippen LogP contribution in [0.4, 0.5) is 0 Å². The molecule has 0 bridgehead atoms. The average Bonchev–Trinajstić information content (AvgIpc) is 3.09. The largest absolute Gasteiger partial charge is 0.500 e. The van der Waals surface area contributed by atoms with E-state index in [4.69, 9.17) is 19.0 Å². The van der Waals surface area contributed by atoms with Crippen LogP contribution in [0.25, 0.3) is 6.08 Å². The highest BCUT2D eigenvalue weighted by atomic mass is 32.1. The number of hydrogen-bond donors (Lipinski definition) is 0. The molecule has 0 aliphatic rings. The highest BCUT2D eigenvalue weighted by Gasteiger charge is 2.20. The molecule has 144 valence electrons. The number of thiophene rings is 1. The summed E-state index contributed by atoms with van der Waals surface area (Å²) in [5.74, 6) is -0.0694. The van der Waals surface area contributed by atoms with Crippen LogP contribution < -0.4 is 0 Å². The predicted molar refractivity (Wildman–Crippen MR) is 104 cm³/mol. The Kier molecular flexibility index (Phi) is 9.69. The van der Waals surface area contributed by atoms with Crippen molar-refractivity contribution in [3.63, 3.8) is 0 Å². The molecule has 0 aliphatic carbocycles. The molecule has 0 spiro atoms. The van der Waals surface area contributed by atoms with E-state index in [9.17, 15) is 4.79 Å². The maximum atomic E-state index is 11.7. The van der Waals surface area contributed by atoms with Gasteiger partial charge >= 0.3 is 5.97 Å². The Morgan fingerprint density at radius 2 is 2.08 bits per heavy atom. The molecule has 1 heterocycles. The van der Waals surface area contributed by atoms with Crippen molar-refractivity contribution in [3.05, 3.63) is 39.8 Å². The minimum absolute atomic E-state index is 0.152. The number of hydrogen-bond acceptors (Lipinski definition) is 7. The topological polar surface area (TPSA) is 66.4 Å². The molecule has 0 N–H and O–H groups in total. The Hall–Kier alpha value is -2.12. The van der Waals surface area contributed by atoms with E-state index in [0.717, 1.165) is 16.2 Å². The van der Waals surface area contributed by atoms with Gasteiger partial charge in [-0.1, -0.05) is 24.2 Å². The van der Waals surface area contributed by atoms with Gasteiger partial charge in [0, 0.05) is 13.0 Å². The first-order chi connectivity index (χ1) is 12.5. The van der Waals surface area contributed by atoms with Gasteiger partial charge in [0.2, 0.25) is 0 Å². The minimum atomic E-state index is -0.426. The normalized spacial score (nSPS) is 15.0. The molecule has 0 fully saturated rings. The molecule has 7 heteroatoms. The van der Waals surface area contributed by atoms with Gasteiger partial charge in [-0.15, -0.1) is 11.3 Å². The van der Waals surface area contributed by atoms with Gasteiger partial charge in [-0.2, -0.15) is 0 Å². The Labute approximate surface area is 159 Å². The van der Waals surface area contributed by atoms with E-state index in [1.165, 1.54) is 20.3 Å². The molecule has 6 nitrogen and oxygen atoms in total. The molecule has 2 atom stereocenters. The third-order valence-corrected chi connectivity index (χ3v) is 4.74. The quantitative estimate of drug-likeness (QED) is 0.202. The van der Waals surface area contributed by atoms with Gasteiger partial charge in [0.25, 0.3) is 0 Å². The summed E-state index contributed by atoms with van der Waals surface area (Å²) >= 11 is 1.59. The third kappa shape index (κ3) is 6.65. The van der Waals surface area contributed by atoms with Crippen molar-refractivity contribution in [3.8, 4) is 0 Å². The molecule has 1 rings (SSSR count). The Bertz CT molecular complexity index is 663. The van der Waals surface area contributed by atoms with E-state index < -0.39 is 5.97 Å². The van der Waals surface area contributed by atoms with Crippen LogP contribution in [0, 0.1) is 5.92 Å². The number of ether oxygens (including phenoxy) is 3. The second kappa shape index (κ2) is 11.5. The number of oxime groups is 1. The van der Waals surface area contributed by atoms with Crippen LogP contribution in [-0.4, -0.2) is 45.7 Å². The summed E-state index contributed by atoms with van der Waals surface area (Å²) in [6, 6.07) is 2.03. The van der Waals surface area contributed by atoms with E-state index >= 15 is 0 Å². The third-order valence-electron chi connectivity index (χ3n) is 3.68. The smallest absolute Gasteiger partial charge is 0.334 e. The lowest BCUT2D eigenvalue weighted by atomic mass is 10.0. The second-order valence-corrected chi connectivity index (χ2v) is 6.37. The van der Waals surface area contributed by atoms with E-state index in [2.05, 4.69) is 5.16 Å². The summed E-state index contributed by atoms with van der Waals surface area (Å²) in [6.45, 7) is 5.91. The number of nitrogens with zero attached hydrogens (tertiary/aromatic N) is 1. The summed E-state index contributed by atoms with van der Waals surface area (Å²) in [5.41, 5.74) is 1.87. The van der Waals surface area contributed by atoms with Crippen molar-refractivity contribution in [1.29, 1.82) is 0 Å². The maximum Gasteiger partial charge on any atom is 0.334 e. The van der Waals surface area contributed by atoms with E-state index in [1.807, 2.05) is 37.4 Å². The first-order valence-electron chi connectivity index (χ1n) is 8.26. The van der Waals surface area contributed by atoms with E-state index in [0.29, 0.717) is 12.4 Å². The van der Waals surface area contributed by atoms with Gasteiger partial charge in [-0.25, -0.2) is 4.79 Å². The standard InChI is InChI=1S/C19H27NO5S/c1-7-25-19(21)11-17(23-5)13(2)16(22-4)9-8-15-10-18(26-12-15)14(3)20-24-6/h8-13,16H,7H2,1-6H3/b9-8+,17-11+,20-14-/t13-,16+/m1/s1. The van der Waals surface area contributed by atoms with Crippen molar-refractivity contribution in [2.24, 2.45) is 11.1 Å². The Morgan fingerprint density at radius 3 is 2.65 bits per heavy atom. The maximum absolute atomic E-state index is 11.7. The van der Waals surface area contributed by atoms with Gasteiger partial charge < -0.3 is 19.0 Å². The van der Waals surface area contributed by atoms with Crippen molar-refractivity contribution < 1.29 is 23.8 Å². The van der Waals surface area contributed by atoms with Crippen molar-refractivity contribution in [2.75, 3.05) is 27.9 Å². The molecular formula is C19H27NO5S. The monoisotopic (exact) mass is 381 g/mol. The zero-order chi connectivity index (χ0) is 19.5. The molecule has 1 aromatic rings. The van der Waals surface area contributed by atoms with Crippen molar-refractivity contribution in [2.45, 2.75) is 26.9 Å². The summed E-state index contributed by atoms with van der Waals surface area (Å²) in [5, 5.41) is 5.97. The first kappa shape index (κ1) is 21.9. The summed E-state index contributed by atoms with van der Waals surface area (Å²) in [4.78, 5) is 17.5. The molecule has 0 unspecified atom stereocenters. The highest BCUT2D eigenvalue weighted by Crippen LogP contribution is 2.22. The molecule has 0 aromatic carbocycles. The first-order valence-corrected chi connectivity index (χ1v) is 9.14. The summed E-state index contributed by atoms with van der Waals surface area (Å²) < 4.78 is 15.8. The predicted octanol–water partition coefficient (Wildman–Crippen LogP) is 3.88. The molecule has 0 amide bonds. The molecule has 0 saturated heterocycles. The molecule has 1 aromatic heterocycles. The van der Waals surface area contributed by atoms with Crippen LogP contribution in [-0.2, 0) is 23.8 Å². The number of rotatable bonds is 10. The minimum Gasteiger partial charge on any atom is -0.500 e. The fraction of sp³-hybridized carbons (Fsp3) is 0.474. The number of carbonyl (C=O) groups is 1. The zero-order valence-electron chi connectivity index (χ0n) is 16.1. The van der Waals surface area contributed by atoms with Gasteiger partial charge in [-0.05, 0) is 30.9 Å². The van der Waals surface area contributed by atoms with Gasteiger partial charge in [-0.3, -0.25) is 0 Å². The molecule has 0 aliphatic heterocycles. The number of esters is 1. The fourth-order valence-corrected chi connectivity index (χ4v) is 3.13. The molecule has 0 radical (unpaired) electrons. The summed E-state index contributed by atoms with van der Waals surface area (Å²) in [7, 11) is 4.68. The average molecular weight is 381 g/mol. The van der Waals surface area contributed by atoms with Crippen LogP contribution in [0.5, 0.6) is 0 Å². The van der Waals surface area contributed by atoms with Crippen molar-refractivity contribution >= 4 is 29.1 Å². The van der Waals surface area contributed by atoms with E-state index in [1.54, 1.807) is 25.4 Å². The van der Waals surface area contributed by atoms with Crippen LogP contribution >= 0.6 is 11.3 Å². The van der Waals surface area contributed by atoms with Gasteiger partial charge in [0.05, 0.1) is 36.5 Å². The SMILES string of the molecule is CCOC(=O)/C=C(/OC)[C@H](C)[C@H](/C=C/c1csc(/C(C)=N\OC)c1)OC. The Morgan fingerprint density at radius 1 is 1.35 bits per heavy atom. The summed E-state index contributed by atoms with van der Waals surface area (Å²) in [6.07, 6.45) is 5.02. The number of carbonyl (C=O) groups excluding carboxylic acids is 1. The number of methoxy groups -OCH3 is 2. The lowest BCUT2D eigenvalue weighted by Crippen LogP contribution is -2.21. The highest BCUT2D eigenvalue weighted by molar-refractivity contribution is 7.12. The van der Waals surface area contributed by atoms with Gasteiger partial charge in [0.1, 0.15) is 12.9 Å². The van der Waals surface area contributed by atoms with Crippen molar-refractivity contribution in [1.82, 2.24) is 0 Å². The second-order valence-electron chi connectivity index (χ2n) is 5.45.